The molecular weight excluding hydrogens is 474 g/mol. The van der Waals surface area contributed by atoms with E-state index in [1.165, 1.54) is 27.4 Å². The Labute approximate surface area is 213 Å². The molecule has 0 saturated carbocycles. The molecule has 1 aromatic heterocycles. The smallest absolute Gasteiger partial charge is 0.352 e. The highest BCUT2D eigenvalue weighted by molar-refractivity contribution is 6.16. The third-order valence-electron chi connectivity index (χ3n) is 5.84. The number of benzene rings is 3. The molecule has 0 spiro atoms. The van der Waals surface area contributed by atoms with E-state index in [1.807, 2.05) is 42.5 Å². The van der Waals surface area contributed by atoms with Gasteiger partial charge in [-0.05, 0) is 28.5 Å². The van der Waals surface area contributed by atoms with Crippen LogP contribution in [0.25, 0.3) is 22.1 Å². The number of nitrogens with one attached hydrogen (secondary N) is 2. The summed E-state index contributed by atoms with van der Waals surface area (Å²) >= 11 is 0. The zero-order chi connectivity index (χ0) is 26.0. The fraction of sp³-hybridized carbons (Fsp3) is 0.179. The van der Waals surface area contributed by atoms with Crippen molar-refractivity contribution >= 4 is 28.4 Å². The average molecular weight is 500 g/mol. The number of fused-ring (bicyclic) bond motifs is 1. The molecule has 0 unspecified atom stereocenters. The third-order valence-corrected chi connectivity index (χ3v) is 5.84. The number of hydrogen-bond donors (Lipinski definition) is 2. The predicted molar refractivity (Wildman–Crippen MR) is 136 cm³/mol. The minimum absolute atomic E-state index is 0.146. The van der Waals surface area contributed by atoms with Crippen molar-refractivity contribution in [3.63, 3.8) is 0 Å². The lowest BCUT2D eigenvalue weighted by molar-refractivity contribution is -0.222. The van der Waals surface area contributed by atoms with Gasteiger partial charge in [0.05, 0.1) is 18.9 Å². The van der Waals surface area contributed by atoms with E-state index in [0.717, 1.165) is 16.3 Å². The van der Waals surface area contributed by atoms with Crippen molar-refractivity contribution in [2.24, 2.45) is 0 Å². The minimum Gasteiger partial charge on any atom is -0.496 e. The molecular formula is C28H25N3O6. The summed E-state index contributed by atoms with van der Waals surface area (Å²) in [5, 5.41) is 8.48. The molecule has 9 heteroatoms. The van der Waals surface area contributed by atoms with E-state index in [0.29, 0.717) is 29.3 Å². The summed E-state index contributed by atoms with van der Waals surface area (Å²) in [5.41, 5.74) is 1.96. The molecule has 1 saturated heterocycles. The summed E-state index contributed by atoms with van der Waals surface area (Å²) in [7, 11) is 1.54. The molecule has 3 aromatic carbocycles. The summed E-state index contributed by atoms with van der Waals surface area (Å²) in [4.78, 5) is 29.8. The third kappa shape index (κ3) is 4.97. The van der Waals surface area contributed by atoms with Crippen LogP contribution in [-0.2, 0) is 25.6 Å². The molecule has 0 bridgehead atoms. The van der Waals surface area contributed by atoms with Crippen LogP contribution >= 0.6 is 0 Å². The molecule has 1 fully saturated rings. The number of esters is 2. The highest BCUT2D eigenvalue weighted by Crippen LogP contribution is 2.33. The number of carbonyl (C=O) groups is 2. The summed E-state index contributed by atoms with van der Waals surface area (Å²) in [6, 6.07) is 19.2. The molecule has 1 aliphatic rings. The number of cyclic esters (lactones) is 2. The average Bonchev–Trinajstić information content (AvgIpc) is 3.40. The molecule has 2 heterocycles. The summed E-state index contributed by atoms with van der Waals surface area (Å²) in [6.07, 6.45) is 2.92. The van der Waals surface area contributed by atoms with Crippen LogP contribution in [-0.4, -0.2) is 29.8 Å². The van der Waals surface area contributed by atoms with Gasteiger partial charge in [0.2, 0.25) is 0 Å². The molecule has 188 valence electrons. The van der Waals surface area contributed by atoms with Crippen molar-refractivity contribution in [3.8, 4) is 17.1 Å². The second kappa shape index (κ2) is 9.69. The van der Waals surface area contributed by atoms with Crippen LogP contribution in [0.1, 0.15) is 19.4 Å². The fourth-order valence-electron chi connectivity index (χ4n) is 4.15. The first kappa shape index (κ1) is 23.9. The number of rotatable bonds is 7. The molecule has 37 heavy (non-hydrogen) atoms. The Morgan fingerprint density at radius 1 is 1.00 bits per heavy atom. The Bertz CT molecular complexity index is 1480. The van der Waals surface area contributed by atoms with Crippen molar-refractivity contribution in [1.29, 1.82) is 0 Å². The lowest BCUT2D eigenvalue weighted by Gasteiger charge is -2.31. The van der Waals surface area contributed by atoms with Gasteiger partial charge in [0.25, 0.3) is 5.79 Å². The van der Waals surface area contributed by atoms with Crippen LogP contribution in [0.4, 0.5) is 5.69 Å². The largest absolute Gasteiger partial charge is 0.496 e. The van der Waals surface area contributed by atoms with Crippen molar-refractivity contribution in [2.75, 3.05) is 12.4 Å². The highest BCUT2D eigenvalue weighted by atomic mass is 16.7. The van der Waals surface area contributed by atoms with E-state index >= 15 is 0 Å². The van der Waals surface area contributed by atoms with Gasteiger partial charge in [-0.3, -0.25) is 0 Å². The fourth-order valence-corrected chi connectivity index (χ4v) is 4.15. The second-order valence-electron chi connectivity index (χ2n) is 8.83. The van der Waals surface area contributed by atoms with Gasteiger partial charge in [-0.25, -0.2) is 14.6 Å². The Kier molecular flexibility index (Phi) is 6.27. The molecule has 0 radical (unpaired) electrons. The van der Waals surface area contributed by atoms with Crippen molar-refractivity contribution in [2.45, 2.75) is 26.2 Å². The van der Waals surface area contributed by atoms with E-state index in [4.69, 9.17) is 18.6 Å². The number of anilines is 1. The molecule has 4 aromatic rings. The number of methoxy groups -OCH3 is 1. The van der Waals surface area contributed by atoms with Gasteiger partial charge >= 0.3 is 11.9 Å². The number of carbonyl (C=O) groups excluding carboxylic acids is 2. The maximum absolute atomic E-state index is 12.9. The lowest BCUT2D eigenvalue weighted by Crippen LogP contribution is -2.44. The molecule has 0 amide bonds. The summed E-state index contributed by atoms with van der Waals surface area (Å²) < 4.78 is 21.6. The number of oxazole rings is 1. The van der Waals surface area contributed by atoms with Gasteiger partial charge in [0.1, 0.15) is 11.6 Å². The second-order valence-corrected chi connectivity index (χ2v) is 8.83. The van der Waals surface area contributed by atoms with Crippen molar-refractivity contribution in [1.82, 2.24) is 10.3 Å². The molecule has 2 N–H and O–H groups in total. The maximum atomic E-state index is 12.9. The molecule has 9 nitrogen and oxygen atoms in total. The van der Waals surface area contributed by atoms with Gasteiger partial charge in [0, 0.05) is 32.1 Å². The zero-order valence-corrected chi connectivity index (χ0v) is 20.5. The van der Waals surface area contributed by atoms with Gasteiger partial charge < -0.3 is 29.3 Å². The standard InChI is InChI=1S/C28H25N3O6/c1-28(2)36-26(32)24(27(33)37-28)25(30-14-18-9-6-8-17-7-4-5-10-20(17)18)31-19-11-12-21(22(13-19)34-3)23-15-29-16-35-23/h4-13,15-16,30-31H,14H2,1-3H3. The van der Waals surface area contributed by atoms with E-state index in [2.05, 4.69) is 15.6 Å². The monoisotopic (exact) mass is 499 g/mol. The number of aromatic nitrogens is 1. The zero-order valence-electron chi connectivity index (χ0n) is 20.5. The summed E-state index contributed by atoms with van der Waals surface area (Å²) in [5.74, 6) is -1.75. The van der Waals surface area contributed by atoms with Crippen LogP contribution in [0.15, 0.2) is 89.1 Å². The molecule has 0 atom stereocenters. The van der Waals surface area contributed by atoms with E-state index in [9.17, 15) is 9.59 Å². The molecule has 1 aliphatic heterocycles. The quantitative estimate of drug-likeness (QED) is 0.211. The Morgan fingerprint density at radius 2 is 1.76 bits per heavy atom. The number of nitrogens with zero attached hydrogens (tertiary/aromatic N) is 1. The first-order valence-electron chi connectivity index (χ1n) is 11.6. The SMILES string of the molecule is COc1cc(NC(NCc2cccc3ccccc23)=C2C(=O)OC(C)(C)OC2=O)ccc1-c1cnco1. The van der Waals surface area contributed by atoms with Crippen molar-refractivity contribution in [3.05, 3.63) is 90.2 Å². The van der Waals surface area contributed by atoms with Gasteiger partial charge in [-0.2, -0.15) is 0 Å². The number of hydrogen-bond acceptors (Lipinski definition) is 9. The van der Waals surface area contributed by atoms with Crippen LogP contribution in [0.5, 0.6) is 5.75 Å². The molecule has 0 aliphatic carbocycles. The van der Waals surface area contributed by atoms with Crippen LogP contribution in [0, 0.1) is 0 Å². The minimum atomic E-state index is -1.36. The van der Waals surface area contributed by atoms with Gasteiger partial charge in [-0.1, -0.05) is 42.5 Å². The van der Waals surface area contributed by atoms with E-state index in [1.54, 1.807) is 24.4 Å². The molecule has 5 rings (SSSR count). The Hall–Kier alpha value is -4.79. The first-order valence-corrected chi connectivity index (χ1v) is 11.6. The van der Waals surface area contributed by atoms with Gasteiger partial charge in [0.15, 0.2) is 17.7 Å². The van der Waals surface area contributed by atoms with Gasteiger partial charge in [-0.15, -0.1) is 0 Å². The Balaban J connectivity index is 1.51. The highest BCUT2D eigenvalue weighted by Gasteiger charge is 2.41. The van der Waals surface area contributed by atoms with Crippen LogP contribution in [0.2, 0.25) is 0 Å². The summed E-state index contributed by atoms with van der Waals surface area (Å²) in [6.45, 7) is 3.33. The van der Waals surface area contributed by atoms with Crippen LogP contribution < -0.4 is 15.4 Å². The van der Waals surface area contributed by atoms with Crippen molar-refractivity contribution < 1.29 is 28.2 Å². The van der Waals surface area contributed by atoms with Crippen LogP contribution in [0.3, 0.4) is 0 Å². The topological polar surface area (TPSA) is 112 Å². The lowest BCUT2D eigenvalue weighted by atomic mass is 10.0. The van der Waals surface area contributed by atoms with E-state index < -0.39 is 17.7 Å². The van der Waals surface area contributed by atoms with E-state index in [-0.39, 0.29) is 11.4 Å². The first-order chi connectivity index (χ1) is 17.8. The number of ether oxygens (including phenoxy) is 3. The Morgan fingerprint density at radius 3 is 2.49 bits per heavy atom. The normalized spacial score (nSPS) is 14.6. The predicted octanol–water partition coefficient (Wildman–Crippen LogP) is 4.75. The maximum Gasteiger partial charge on any atom is 0.352 e.